The number of nitrogens with one attached hydrogen (secondary N) is 1. The van der Waals surface area contributed by atoms with Crippen molar-refractivity contribution in [2.24, 2.45) is 11.8 Å². The van der Waals surface area contributed by atoms with Crippen molar-refractivity contribution in [1.29, 1.82) is 0 Å². The molecule has 1 unspecified atom stereocenters. The van der Waals surface area contributed by atoms with Crippen molar-refractivity contribution >= 4 is 17.7 Å². The summed E-state index contributed by atoms with van der Waals surface area (Å²) < 4.78 is 2.00. The minimum Gasteiger partial charge on any atom is -0.353 e. The fraction of sp³-hybridized carbons (Fsp3) is 0.625. The van der Waals surface area contributed by atoms with E-state index in [0.29, 0.717) is 23.9 Å². The molecule has 0 spiro atoms. The van der Waals surface area contributed by atoms with Crippen LogP contribution in [0, 0.1) is 11.8 Å². The topological polar surface area (TPSA) is 63.1 Å². The van der Waals surface area contributed by atoms with E-state index < -0.39 is 0 Å². The van der Waals surface area contributed by atoms with E-state index in [0.717, 1.165) is 56.8 Å². The van der Waals surface area contributed by atoms with E-state index >= 15 is 0 Å². The Hall–Kier alpha value is -1.86. The molecule has 166 valence electrons. The second kappa shape index (κ2) is 9.74. The summed E-state index contributed by atoms with van der Waals surface area (Å²) in [5, 5.41) is 12.1. The third-order valence-electron chi connectivity index (χ3n) is 7.28. The lowest BCUT2D eigenvalue weighted by atomic mass is 9.75. The van der Waals surface area contributed by atoms with Crippen LogP contribution in [0.25, 0.3) is 0 Å². The SMILES string of the molecule is O=C(NC1CCCCC1)[C@H]1CN2CC[C@@H]1C[C@@H]2Cn1cc(CSc2ccccc2)nn1. The van der Waals surface area contributed by atoms with Crippen LogP contribution in [0.2, 0.25) is 0 Å². The molecule has 1 aliphatic carbocycles. The molecule has 1 aromatic carbocycles. The molecule has 31 heavy (non-hydrogen) atoms. The van der Waals surface area contributed by atoms with E-state index in [9.17, 15) is 4.79 Å². The molecule has 4 fully saturated rings. The van der Waals surface area contributed by atoms with Gasteiger partial charge < -0.3 is 5.32 Å². The highest BCUT2D eigenvalue weighted by atomic mass is 32.2. The van der Waals surface area contributed by atoms with Gasteiger partial charge in [-0.1, -0.05) is 42.7 Å². The van der Waals surface area contributed by atoms with Crippen molar-refractivity contribution in [3.63, 3.8) is 0 Å². The van der Waals surface area contributed by atoms with Gasteiger partial charge in [-0.15, -0.1) is 16.9 Å². The van der Waals surface area contributed by atoms with Crippen molar-refractivity contribution in [3.05, 3.63) is 42.2 Å². The zero-order chi connectivity index (χ0) is 21.0. The van der Waals surface area contributed by atoms with Crippen LogP contribution in [-0.4, -0.2) is 51.0 Å². The minimum absolute atomic E-state index is 0.167. The summed E-state index contributed by atoms with van der Waals surface area (Å²) in [6.07, 6.45) is 10.5. The van der Waals surface area contributed by atoms with Crippen LogP contribution in [0.5, 0.6) is 0 Å². The number of carbonyl (C=O) groups is 1. The van der Waals surface area contributed by atoms with Gasteiger partial charge in [-0.2, -0.15) is 0 Å². The molecule has 4 atom stereocenters. The number of piperidine rings is 3. The summed E-state index contributed by atoms with van der Waals surface area (Å²) in [5.74, 6) is 1.82. The molecule has 4 aliphatic rings. The maximum Gasteiger partial charge on any atom is 0.224 e. The number of amides is 1. The van der Waals surface area contributed by atoms with E-state index in [1.54, 1.807) is 11.8 Å². The molecule has 6 rings (SSSR count). The summed E-state index contributed by atoms with van der Waals surface area (Å²) in [5.41, 5.74) is 1.02. The predicted molar refractivity (Wildman–Crippen MR) is 123 cm³/mol. The Bertz CT molecular complexity index is 866. The zero-order valence-electron chi connectivity index (χ0n) is 18.2. The number of carbonyl (C=O) groups excluding carboxylic acids is 1. The molecule has 4 heterocycles. The second-order valence-corrected chi connectivity index (χ2v) is 10.5. The summed E-state index contributed by atoms with van der Waals surface area (Å²) in [6, 6.07) is 11.3. The fourth-order valence-corrected chi connectivity index (χ4v) is 6.36. The average molecular weight is 440 g/mol. The van der Waals surface area contributed by atoms with Gasteiger partial charge in [0.2, 0.25) is 5.91 Å². The lowest BCUT2D eigenvalue weighted by Gasteiger charge is -2.49. The number of nitrogens with zero attached hydrogens (tertiary/aromatic N) is 4. The molecule has 1 amide bonds. The molecular weight excluding hydrogens is 406 g/mol. The Morgan fingerprint density at radius 3 is 2.74 bits per heavy atom. The molecule has 2 aromatic rings. The summed E-state index contributed by atoms with van der Waals surface area (Å²) in [6.45, 7) is 2.88. The first-order valence-corrected chi connectivity index (χ1v) is 12.8. The number of hydrogen-bond acceptors (Lipinski definition) is 5. The number of benzene rings is 1. The van der Waals surface area contributed by atoms with Gasteiger partial charge in [-0.3, -0.25) is 14.4 Å². The Morgan fingerprint density at radius 2 is 1.97 bits per heavy atom. The first-order valence-electron chi connectivity index (χ1n) is 11.9. The molecule has 7 heteroatoms. The quantitative estimate of drug-likeness (QED) is 0.666. The van der Waals surface area contributed by atoms with E-state index in [2.05, 4.69) is 51.0 Å². The van der Waals surface area contributed by atoms with Crippen molar-refractivity contribution < 1.29 is 4.79 Å². The van der Waals surface area contributed by atoms with Crippen LogP contribution in [0.1, 0.15) is 50.6 Å². The van der Waals surface area contributed by atoms with Crippen molar-refractivity contribution in [2.45, 2.75) is 74.2 Å². The van der Waals surface area contributed by atoms with Crippen LogP contribution in [-0.2, 0) is 17.1 Å². The number of fused-ring (bicyclic) bond motifs is 3. The molecule has 3 aliphatic heterocycles. The second-order valence-electron chi connectivity index (χ2n) is 9.42. The first-order chi connectivity index (χ1) is 15.2. The minimum atomic E-state index is 0.167. The molecule has 0 radical (unpaired) electrons. The highest BCUT2D eigenvalue weighted by molar-refractivity contribution is 7.98. The highest BCUT2D eigenvalue weighted by Crippen LogP contribution is 2.37. The normalized spacial score (nSPS) is 28.5. The first kappa shape index (κ1) is 21.0. The lowest BCUT2D eigenvalue weighted by Crippen LogP contribution is -2.58. The summed E-state index contributed by atoms with van der Waals surface area (Å²) in [4.78, 5) is 16.7. The maximum atomic E-state index is 12.9. The van der Waals surface area contributed by atoms with Gasteiger partial charge in [0, 0.05) is 35.5 Å². The van der Waals surface area contributed by atoms with Crippen LogP contribution in [0.3, 0.4) is 0 Å². The van der Waals surface area contributed by atoms with Crippen LogP contribution >= 0.6 is 11.8 Å². The largest absolute Gasteiger partial charge is 0.353 e. The van der Waals surface area contributed by atoms with Crippen LogP contribution < -0.4 is 5.32 Å². The molecule has 1 N–H and O–H groups in total. The summed E-state index contributed by atoms with van der Waals surface area (Å²) >= 11 is 1.79. The monoisotopic (exact) mass is 439 g/mol. The van der Waals surface area contributed by atoms with Crippen LogP contribution in [0.4, 0.5) is 0 Å². The van der Waals surface area contributed by atoms with E-state index in [-0.39, 0.29) is 5.92 Å². The number of aromatic nitrogens is 3. The molecule has 1 saturated carbocycles. The van der Waals surface area contributed by atoms with E-state index in [4.69, 9.17) is 0 Å². The van der Waals surface area contributed by atoms with Crippen molar-refractivity contribution in [1.82, 2.24) is 25.2 Å². The van der Waals surface area contributed by atoms with Gasteiger partial charge in [-0.25, -0.2) is 0 Å². The molecule has 6 nitrogen and oxygen atoms in total. The number of thioether (sulfide) groups is 1. The standard InChI is InChI=1S/C24H33N5OS/c30-24(25-19-7-3-1-4-8-19)23-16-28-12-11-18(23)13-21(28)15-29-14-20(26-27-29)17-31-22-9-5-2-6-10-22/h2,5-6,9-10,14,18-19,21,23H,1,3-4,7-8,11-13,15-17H2,(H,25,30)/t18-,21-,23+/m1/s1. The highest BCUT2D eigenvalue weighted by Gasteiger charge is 2.43. The third kappa shape index (κ3) is 5.14. The average Bonchev–Trinajstić information content (AvgIpc) is 3.27. The molecule has 1 aromatic heterocycles. The molecule has 2 bridgehead atoms. The Morgan fingerprint density at radius 1 is 1.13 bits per heavy atom. The van der Waals surface area contributed by atoms with E-state index in [1.807, 2.05) is 10.7 Å². The van der Waals surface area contributed by atoms with Crippen LogP contribution in [0.15, 0.2) is 41.4 Å². The Labute approximate surface area is 189 Å². The van der Waals surface area contributed by atoms with Gasteiger partial charge in [0.1, 0.15) is 0 Å². The van der Waals surface area contributed by atoms with Crippen molar-refractivity contribution in [3.8, 4) is 0 Å². The van der Waals surface area contributed by atoms with Gasteiger partial charge in [0.05, 0.1) is 18.2 Å². The number of rotatable bonds is 7. The Balaban J connectivity index is 1.13. The molecule has 3 saturated heterocycles. The van der Waals surface area contributed by atoms with E-state index in [1.165, 1.54) is 24.2 Å². The third-order valence-corrected chi connectivity index (χ3v) is 8.33. The fourth-order valence-electron chi connectivity index (χ4n) is 5.56. The lowest BCUT2D eigenvalue weighted by molar-refractivity contribution is -0.134. The zero-order valence-corrected chi connectivity index (χ0v) is 19.0. The van der Waals surface area contributed by atoms with Gasteiger partial charge in [0.15, 0.2) is 0 Å². The smallest absolute Gasteiger partial charge is 0.224 e. The van der Waals surface area contributed by atoms with Gasteiger partial charge in [0.25, 0.3) is 0 Å². The predicted octanol–water partition coefficient (Wildman–Crippen LogP) is 3.73. The maximum absolute atomic E-state index is 12.9. The Kier molecular flexibility index (Phi) is 6.60. The number of hydrogen-bond donors (Lipinski definition) is 1. The van der Waals surface area contributed by atoms with Gasteiger partial charge in [-0.05, 0) is 50.3 Å². The van der Waals surface area contributed by atoms with Gasteiger partial charge >= 0.3 is 0 Å². The summed E-state index contributed by atoms with van der Waals surface area (Å²) in [7, 11) is 0. The van der Waals surface area contributed by atoms with Crippen molar-refractivity contribution in [2.75, 3.05) is 13.1 Å². The molecular formula is C24H33N5OS.